The Morgan fingerprint density at radius 1 is 1.19 bits per heavy atom. The molecule has 1 aromatic carbocycles. The van der Waals surface area contributed by atoms with Gasteiger partial charge in [-0.05, 0) is 41.9 Å². The lowest BCUT2D eigenvalue weighted by Crippen LogP contribution is -2.23. The maximum atomic E-state index is 6.40. The van der Waals surface area contributed by atoms with E-state index in [9.17, 15) is 0 Å². The Balaban J connectivity index is 1.89. The fourth-order valence-corrected chi connectivity index (χ4v) is 3.25. The molecule has 0 aliphatic heterocycles. The Hall–Kier alpha value is -1.35. The first-order valence-electron chi connectivity index (χ1n) is 8.12. The summed E-state index contributed by atoms with van der Waals surface area (Å²) in [7, 11) is 0. The number of nitrogens with two attached hydrogens (primary N) is 1. The molecule has 2 N–H and O–H groups in total. The lowest BCUT2D eigenvalue weighted by atomic mass is 9.84. The SMILES string of the molecule is CC(C)(C)c1ccc2oc(C(N)C3CCCCC3)nc2c1. The smallest absolute Gasteiger partial charge is 0.212 e. The van der Waals surface area contributed by atoms with Crippen LogP contribution in [0, 0.1) is 5.92 Å². The zero-order chi connectivity index (χ0) is 15.0. The third-order valence-corrected chi connectivity index (χ3v) is 4.71. The summed E-state index contributed by atoms with van der Waals surface area (Å²) in [6.07, 6.45) is 6.31. The summed E-state index contributed by atoms with van der Waals surface area (Å²) < 4.78 is 5.91. The maximum absolute atomic E-state index is 6.40. The molecule has 114 valence electrons. The third-order valence-electron chi connectivity index (χ3n) is 4.71. The molecule has 1 atom stereocenters. The van der Waals surface area contributed by atoms with Crippen molar-refractivity contribution >= 4 is 11.1 Å². The number of hydrogen-bond acceptors (Lipinski definition) is 3. The van der Waals surface area contributed by atoms with E-state index in [1.165, 1.54) is 37.7 Å². The number of hydrogen-bond donors (Lipinski definition) is 1. The van der Waals surface area contributed by atoms with Gasteiger partial charge < -0.3 is 10.2 Å². The van der Waals surface area contributed by atoms with Crippen LogP contribution in [-0.2, 0) is 5.41 Å². The van der Waals surface area contributed by atoms with Crippen molar-refractivity contribution in [1.29, 1.82) is 0 Å². The van der Waals surface area contributed by atoms with Crippen LogP contribution in [0.4, 0.5) is 0 Å². The monoisotopic (exact) mass is 286 g/mol. The highest BCUT2D eigenvalue weighted by molar-refractivity contribution is 5.73. The number of oxazole rings is 1. The van der Waals surface area contributed by atoms with Crippen LogP contribution >= 0.6 is 0 Å². The number of rotatable bonds is 2. The van der Waals surface area contributed by atoms with Gasteiger partial charge in [-0.15, -0.1) is 0 Å². The zero-order valence-electron chi connectivity index (χ0n) is 13.4. The van der Waals surface area contributed by atoms with Crippen LogP contribution in [0.5, 0.6) is 0 Å². The molecule has 0 spiro atoms. The Bertz CT molecular complexity index is 618. The summed E-state index contributed by atoms with van der Waals surface area (Å²) in [6, 6.07) is 6.23. The highest BCUT2D eigenvalue weighted by atomic mass is 16.3. The highest BCUT2D eigenvalue weighted by Gasteiger charge is 2.26. The minimum absolute atomic E-state index is 0.0595. The Morgan fingerprint density at radius 2 is 1.90 bits per heavy atom. The molecule has 3 nitrogen and oxygen atoms in total. The summed E-state index contributed by atoms with van der Waals surface area (Å²) in [5.74, 6) is 1.23. The largest absolute Gasteiger partial charge is 0.439 e. The van der Waals surface area contributed by atoms with Gasteiger partial charge in [-0.2, -0.15) is 0 Å². The van der Waals surface area contributed by atoms with Crippen LogP contribution in [0.1, 0.15) is 70.4 Å². The summed E-state index contributed by atoms with van der Waals surface area (Å²) in [6.45, 7) is 6.63. The molecular formula is C18H26N2O. The van der Waals surface area contributed by atoms with Gasteiger partial charge in [0.2, 0.25) is 5.89 Å². The van der Waals surface area contributed by atoms with Crippen molar-refractivity contribution in [3.05, 3.63) is 29.7 Å². The van der Waals surface area contributed by atoms with Gasteiger partial charge in [-0.3, -0.25) is 0 Å². The van der Waals surface area contributed by atoms with Crippen molar-refractivity contribution in [2.45, 2.75) is 64.3 Å². The van der Waals surface area contributed by atoms with Gasteiger partial charge in [0.25, 0.3) is 0 Å². The lowest BCUT2D eigenvalue weighted by Gasteiger charge is -2.25. The van der Waals surface area contributed by atoms with Gasteiger partial charge in [0, 0.05) is 0 Å². The first-order chi connectivity index (χ1) is 9.95. The molecule has 1 aliphatic rings. The van der Waals surface area contributed by atoms with Gasteiger partial charge in [0.05, 0.1) is 6.04 Å². The second-order valence-corrected chi connectivity index (χ2v) is 7.41. The number of benzene rings is 1. The second kappa shape index (κ2) is 5.45. The highest BCUT2D eigenvalue weighted by Crippen LogP contribution is 2.34. The predicted octanol–water partition coefficient (Wildman–Crippen LogP) is 4.71. The minimum atomic E-state index is -0.0595. The molecule has 0 radical (unpaired) electrons. The Kier molecular flexibility index (Phi) is 3.78. The topological polar surface area (TPSA) is 52.0 Å². The third kappa shape index (κ3) is 2.98. The fourth-order valence-electron chi connectivity index (χ4n) is 3.25. The normalized spacial score (nSPS) is 19.0. The van der Waals surface area contributed by atoms with Gasteiger partial charge in [-0.25, -0.2) is 4.98 Å². The standard InChI is InChI=1S/C18H26N2O/c1-18(2,3)13-9-10-15-14(11-13)20-17(21-15)16(19)12-7-5-4-6-8-12/h9-12,16H,4-8,19H2,1-3H3. The fraction of sp³-hybridized carbons (Fsp3) is 0.611. The van der Waals surface area contributed by atoms with Crippen molar-refractivity contribution in [2.24, 2.45) is 11.7 Å². The molecule has 1 saturated carbocycles. The van der Waals surface area contributed by atoms with Gasteiger partial charge in [0.15, 0.2) is 5.58 Å². The van der Waals surface area contributed by atoms with E-state index < -0.39 is 0 Å². The number of fused-ring (bicyclic) bond motifs is 1. The van der Waals surface area contributed by atoms with Crippen molar-refractivity contribution in [3.63, 3.8) is 0 Å². The van der Waals surface area contributed by atoms with Crippen molar-refractivity contribution in [2.75, 3.05) is 0 Å². The molecule has 0 bridgehead atoms. The lowest BCUT2D eigenvalue weighted by molar-refractivity contribution is 0.278. The molecule has 1 fully saturated rings. The van der Waals surface area contributed by atoms with E-state index in [0.29, 0.717) is 11.8 Å². The van der Waals surface area contributed by atoms with Crippen molar-refractivity contribution in [3.8, 4) is 0 Å². The zero-order valence-corrected chi connectivity index (χ0v) is 13.4. The van der Waals surface area contributed by atoms with E-state index >= 15 is 0 Å². The van der Waals surface area contributed by atoms with Crippen molar-refractivity contribution < 1.29 is 4.42 Å². The molecule has 1 heterocycles. The minimum Gasteiger partial charge on any atom is -0.439 e. The number of aromatic nitrogens is 1. The van der Waals surface area contributed by atoms with E-state index in [1.807, 2.05) is 6.07 Å². The molecule has 0 saturated heterocycles. The van der Waals surface area contributed by atoms with Crippen LogP contribution < -0.4 is 5.73 Å². The number of nitrogens with zero attached hydrogens (tertiary/aromatic N) is 1. The van der Waals surface area contributed by atoms with Crippen LogP contribution in [0.2, 0.25) is 0 Å². The summed E-state index contributed by atoms with van der Waals surface area (Å²) in [4.78, 5) is 4.67. The van der Waals surface area contributed by atoms with Crippen LogP contribution in [0.3, 0.4) is 0 Å². The van der Waals surface area contributed by atoms with E-state index in [1.54, 1.807) is 0 Å². The van der Waals surface area contributed by atoms with E-state index in [2.05, 4.69) is 37.9 Å². The first-order valence-corrected chi connectivity index (χ1v) is 8.12. The summed E-state index contributed by atoms with van der Waals surface area (Å²) >= 11 is 0. The summed E-state index contributed by atoms with van der Waals surface area (Å²) in [5.41, 5.74) is 9.59. The second-order valence-electron chi connectivity index (χ2n) is 7.41. The first kappa shape index (κ1) is 14.6. The van der Waals surface area contributed by atoms with Crippen LogP contribution in [0.15, 0.2) is 22.6 Å². The quantitative estimate of drug-likeness (QED) is 0.870. The molecule has 1 unspecified atom stereocenters. The average Bonchev–Trinajstić information content (AvgIpc) is 2.89. The van der Waals surface area contributed by atoms with E-state index in [4.69, 9.17) is 10.2 Å². The molecule has 1 aliphatic carbocycles. The van der Waals surface area contributed by atoms with Crippen LogP contribution in [0.25, 0.3) is 11.1 Å². The molecular weight excluding hydrogens is 260 g/mol. The summed E-state index contributed by atoms with van der Waals surface area (Å²) in [5, 5.41) is 0. The molecule has 2 aromatic rings. The molecule has 3 rings (SSSR count). The molecule has 3 heteroatoms. The predicted molar refractivity (Wildman–Crippen MR) is 86.2 cm³/mol. The van der Waals surface area contributed by atoms with Crippen LogP contribution in [-0.4, -0.2) is 4.98 Å². The molecule has 1 aromatic heterocycles. The van der Waals surface area contributed by atoms with E-state index in [0.717, 1.165) is 11.1 Å². The van der Waals surface area contributed by atoms with Gasteiger partial charge in [-0.1, -0.05) is 46.1 Å². The van der Waals surface area contributed by atoms with Gasteiger partial charge >= 0.3 is 0 Å². The maximum Gasteiger partial charge on any atom is 0.212 e. The molecule has 21 heavy (non-hydrogen) atoms. The Morgan fingerprint density at radius 3 is 2.57 bits per heavy atom. The van der Waals surface area contributed by atoms with E-state index in [-0.39, 0.29) is 11.5 Å². The average molecular weight is 286 g/mol. The van der Waals surface area contributed by atoms with Gasteiger partial charge in [0.1, 0.15) is 5.52 Å². The Labute approximate surface area is 126 Å². The molecule has 0 amide bonds. The van der Waals surface area contributed by atoms with Crippen molar-refractivity contribution in [1.82, 2.24) is 4.98 Å².